The highest BCUT2D eigenvalue weighted by atomic mass is 28.4. The maximum atomic E-state index is 5.13. The molecule has 1 nitrogen and oxygen atoms in total. The van der Waals surface area contributed by atoms with E-state index in [-0.39, 0.29) is 0 Å². The summed E-state index contributed by atoms with van der Waals surface area (Å²) in [5.41, 5.74) is 0. The monoisotopic (exact) mass is 116 g/mol. The fraction of sp³-hybridized carbons (Fsp3) is 0.600. The minimum absolute atomic E-state index is 1.28. The molecule has 0 aliphatic rings. The molecule has 0 aromatic heterocycles. The van der Waals surface area contributed by atoms with Crippen LogP contribution in [0.2, 0.25) is 19.6 Å². The largest absolute Gasteiger partial charge is 0.550 e. The lowest BCUT2D eigenvalue weighted by molar-refractivity contribution is 0.482. The van der Waals surface area contributed by atoms with Crippen LogP contribution in [0.1, 0.15) is 0 Å². The predicted octanol–water partition coefficient (Wildman–Crippen LogP) is 1.98. The van der Waals surface area contributed by atoms with Crippen molar-refractivity contribution in [2.75, 3.05) is 0 Å². The summed E-state index contributed by atoms with van der Waals surface area (Å²) in [6, 6.07) is 0. The van der Waals surface area contributed by atoms with E-state index >= 15 is 0 Å². The Labute approximate surface area is 46.1 Å². The molecule has 0 unspecified atom stereocenters. The molecule has 0 heterocycles. The highest BCUT2D eigenvalue weighted by molar-refractivity contribution is 6.69. The van der Waals surface area contributed by atoms with Crippen molar-refractivity contribution in [1.82, 2.24) is 0 Å². The van der Waals surface area contributed by atoms with Crippen LogP contribution in [0.4, 0.5) is 0 Å². The van der Waals surface area contributed by atoms with E-state index in [1.165, 1.54) is 6.26 Å². The summed E-state index contributed by atoms with van der Waals surface area (Å²) in [6.45, 7) is 9.82. The Hall–Kier alpha value is -0.243. The Morgan fingerprint density at radius 2 is 1.86 bits per heavy atom. The van der Waals surface area contributed by atoms with Crippen LogP contribution < -0.4 is 0 Å². The zero-order chi connectivity index (χ0) is 5.91. The highest BCUT2D eigenvalue weighted by Gasteiger charge is 2.11. The summed E-state index contributed by atoms with van der Waals surface area (Å²) in [5, 5.41) is 0. The third-order valence-corrected chi connectivity index (χ3v) is 1.31. The first-order valence-electron chi connectivity index (χ1n) is 2.35. The van der Waals surface area contributed by atoms with Crippen LogP contribution in [0.15, 0.2) is 12.8 Å². The van der Waals surface area contributed by atoms with Gasteiger partial charge in [-0.3, -0.25) is 0 Å². The first-order chi connectivity index (χ1) is 3.06. The quantitative estimate of drug-likeness (QED) is 0.396. The lowest BCUT2D eigenvalue weighted by Gasteiger charge is -2.13. The molecule has 0 radical (unpaired) electrons. The van der Waals surface area contributed by atoms with Crippen molar-refractivity contribution in [1.29, 1.82) is 0 Å². The van der Waals surface area contributed by atoms with E-state index in [0.29, 0.717) is 0 Å². The molecule has 42 valence electrons. The fourth-order valence-electron chi connectivity index (χ4n) is 0.250. The van der Waals surface area contributed by atoms with Crippen LogP contribution >= 0.6 is 0 Å². The minimum Gasteiger partial charge on any atom is -0.550 e. The molecule has 0 saturated heterocycles. The zero-order valence-electron chi connectivity index (χ0n) is 5.19. The summed E-state index contributed by atoms with van der Waals surface area (Å²) < 4.78 is 5.13. The van der Waals surface area contributed by atoms with Crippen LogP contribution in [0.25, 0.3) is 0 Å². The van der Waals surface area contributed by atoms with Crippen molar-refractivity contribution in [2.24, 2.45) is 0 Å². The molecule has 0 amide bonds. The Balaban J connectivity index is 3.34. The molecule has 0 aromatic carbocycles. The van der Waals surface area contributed by atoms with Crippen molar-refractivity contribution < 1.29 is 4.43 Å². The van der Waals surface area contributed by atoms with Crippen molar-refractivity contribution in [3.63, 3.8) is 0 Å². The van der Waals surface area contributed by atoms with Gasteiger partial charge in [-0.2, -0.15) is 0 Å². The van der Waals surface area contributed by atoms with Gasteiger partial charge in [0.2, 0.25) is 8.32 Å². The fourth-order valence-corrected chi connectivity index (χ4v) is 0.750. The van der Waals surface area contributed by atoms with E-state index < -0.39 is 8.32 Å². The van der Waals surface area contributed by atoms with Crippen LogP contribution in [-0.2, 0) is 4.43 Å². The SMILES string of the molecule is C=CO[Si](C)(C)C. The normalized spacial score (nSPS) is 10.7. The van der Waals surface area contributed by atoms with Gasteiger partial charge in [0.05, 0.1) is 6.26 Å². The second-order valence-corrected chi connectivity index (χ2v) is 6.86. The molecular formula is C5H12OSi. The highest BCUT2D eigenvalue weighted by Crippen LogP contribution is 2.00. The Kier molecular flexibility index (Phi) is 2.09. The van der Waals surface area contributed by atoms with Crippen LogP contribution in [-0.4, -0.2) is 8.32 Å². The van der Waals surface area contributed by atoms with E-state index in [1.54, 1.807) is 0 Å². The standard InChI is InChI=1S/C5H12OSi/c1-5-6-7(2,3)4/h5H,1H2,2-4H3. The average Bonchev–Trinajstić information content (AvgIpc) is 1.30. The average molecular weight is 116 g/mol. The van der Waals surface area contributed by atoms with Gasteiger partial charge in [-0.15, -0.1) is 0 Å². The molecule has 0 aromatic rings. The van der Waals surface area contributed by atoms with Crippen molar-refractivity contribution in [2.45, 2.75) is 19.6 Å². The van der Waals surface area contributed by atoms with Gasteiger partial charge in [-0.25, -0.2) is 0 Å². The summed E-state index contributed by atoms with van der Waals surface area (Å²) in [5.74, 6) is 0. The van der Waals surface area contributed by atoms with Gasteiger partial charge in [-0.1, -0.05) is 6.58 Å². The molecule has 0 rings (SSSR count). The Bertz CT molecular complexity index is 63.0. The van der Waals surface area contributed by atoms with E-state index in [4.69, 9.17) is 4.43 Å². The molecule has 0 atom stereocenters. The Morgan fingerprint density at radius 1 is 1.43 bits per heavy atom. The Morgan fingerprint density at radius 3 is 1.86 bits per heavy atom. The lowest BCUT2D eigenvalue weighted by Crippen LogP contribution is -2.21. The van der Waals surface area contributed by atoms with E-state index in [0.717, 1.165) is 0 Å². The van der Waals surface area contributed by atoms with Gasteiger partial charge < -0.3 is 4.43 Å². The van der Waals surface area contributed by atoms with Crippen LogP contribution in [0.3, 0.4) is 0 Å². The first kappa shape index (κ1) is 6.76. The molecule has 0 aliphatic carbocycles. The second kappa shape index (κ2) is 2.16. The molecule has 0 fully saturated rings. The summed E-state index contributed by atoms with van der Waals surface area (Å²) in [4.78, 5) is 0. The van der Waals surface area contributed by atoms with Crippen molar-refractivity contribution >= 4 is 8.32 Å². The molecule has 0 N–H and O–H groups in total. The topological polar surface area (TPSA) is 9.23 Å². The summed E-state index contributed by atoms with van der Waals surface area (Å²) in [7, 11) is -1.28. The lowest BCUT2D eigenvalue weighted by atomic mass is 11.2. The van der Waals surface area contributed by atoms with Gasteiger partial charge in [0, 0.05) is 0 Å². The van der Waals surface area contributed by atoms with Crippen molar-refractivity contribution in [3.05, 3.63) is 12.8 Å². The third kappa shape index (κ3) is 5.76. The maximum Gasteiger partial charge on any atom is 0.241 e. The van der Waals surface area contributed by atoms with E-state index in [2.05, 4.69) is 26.2 Å². The van der Waals surface area contributed by atoms with Gasteiger partial charge in [0.1, 0.15) is 0 Å². The van der Waals surface area contributed by atoms with Crippen LogP contribution in [0.5, 0.6) is 0 Å². The van der Waals surface area contributed by atoms with Gasteiger partial charge in [0.15, 0.2) is 0 Å². The summed E-state index contributed by atoms with van der Waals surface area (Å²) in [6.07, 6.45) is 1.52. The van der Waals surface area contributed by atoms with Gasteiger partial charge in [0.25, 0.3) is 0 Å². The van der Waals surface area contributed by atoms with Crippen molar-refractivity contribution in [3.8, 4) is 0 Å². The predicted molar refractivity (Wildman–Crippen MR) is 34.6 cm³/mol. The third-order valence-electron chi connectivity index (χ3n) is 0.437. The molecular weight excluding hydrogens is 104 g/mol. The summed E-state index contributed by atoms with van der Waals surface area (Å²) >= 11 is 0. The minimum atomic E-state index is -1.28. The zero-order valence-corrected chi connectivity index (χ0v) is 6.19. The molecule has 7 heavy (non-hydrogen) atoms. The smallest absolute Gasteiger partial charge is 0.241 e. The maximum absolute atomic E-state index is 5.13. The van der Waals surface area contributed by atoms with E-state index in [1.807, 2.05) is 0 Å². The molecule has 2 heteroatoms. The molecule has 0 bridgehead atoms. The first-order valence-corrected chi connectivity index (χ1v) is 5.76. The molecule has 0 aliphatic heterocycles. The van der Waals surface area contributed by atoms with Gasteiger partial charge in [-0.05, 0) is 19.6 Å². The molecule has 0 spiro atoms. The second-order valence-electron chi connectivity index (χ2n) is 2.40. The van der Waals surface area contributed by atoms with Crippen LogP contribution in [0, 0.1) is 0 Å². The molecule has 0 saturated carbocycles. The number of rotatable bonds is 2. The number of hydrogen-bond acceptors (Lipinski definition) is 1. The number of hydrogen-bond donors (Lipinski definition) is 0. The van der Waals surface area contributed by atoms with E-state index in [9.17, 15) is 0 Å². The van der Waals surface area contributed by atoms with Gasteiger partial charge >= 0.3 is 0 Å².